The lowest BCUT2D eigenvalue weighted by Gasteiger charge is -2.30. The van der Waals surface area contributed by atoms with Crippen molar-refractivity contribution in [1.82, 2.24) is 4.90 Å². The van der Waals surface area contributed by atoms with Crippen LogP contribution < -0.4 is 4.90 Å². The highest BCUT2D eigenvalue weighted by molar-refractivity contribution is 9.10. The predicted octanol–water partition coefficient (Wildman–Crippen LogP) is 2.15. The van der Waals surface area contributed by atoms with Gasteiger partial charge in [0.1, 0.15) is 0 Å². The van der Waals surface area contributed by atoms with Gasteiger partial charge in [0, 0.05) is 34.9 Å². The van der Waals surface area contributed by atoms with Gasteiger partial charge in [-0.3, -0.25) is 4.79 Å². The summed E-state index contributed by atoms with van der Waals surface area (Å²) < 4.78 is 0.947. The average Bonchev–Trinajstić information content (AvgIpc) is 2.68. The van der Waals surface area contributed by atoms with E-state index in [-0.39, 0.29) is 17.9 Å². The van der Waals surface area contributed by atoms with Crippen molar-refractivity contribution in [3.63, 3.8) is 0 Å². The van der Waals surface area contributed by atoms with Crippen molar-refractivity contribution in [2.24, 2.45) is 0 Å². The number of carbonyl (C=O) groups is 1. The Labute approximate surface area is 128 Å². The molecule has 1 heterocycles. The number of hydrogen-bond donors (Lipinski definition) is 1. The second-order valence-electron chi connectivity index (χ2n) is 5.68. The number of benzene rings is 1. The molecule has 1 aliphatic heterocycles. The Bertz CT molecular complexity index is 505. The highest BCUT2D eigenvalue weighted by Gasteiger charge is 2.33. The maximum absolute atomic E-state index is 11.8. The Morgan fingerprint density at radius 3 is 2.80 bits per heavy atom. The molecule has 20 heavy (non-hydrogen) atoms. The Morgan fingerprint density at radius 2 is 2.20 bits per heavy atom. The first kappa shape index (κ1) is 15.5. The van der Waals surface area contributed by atoms with Gasteiger partial charge in [0.25, 0.3) is 0 Å². The van der Waals surface area contributed by atoms with Gasteiger partial charge in [-0.05, 0) is 45.6 Å². The van der Waals surface area contributed by atoms with E-state index in [1.54, 1.807) is 6.92 Å². The van der Waals surface area contributed by atoms with E-state index in [2.05, 4.69) is 25.7 Å². The summed E-state index contributed by atoms with van der Waals surface area (Å²) >= 11 is 3.47. The second-order valence-corrected chi connectivity index (χ2v) is 6.59. The molecule has 0 spiro atoms. The van der Waals surface area contributed by atoms with Crippen LogP contribution in [0.4, 0.5) is 5.69 Å². The van der Waals surface area contributed by atoms with E-state index in [1.807, 2.05) is 32.3 Å². The number of rotatable bonds is 4. The fourth-order valence-electron chi connectivity index (χ4n) is 2.82. The summed E-state index contributed by atoms with van der Waals surface area (Å²) in [4.78, 5) is 16.1. The van der Waals surface area contributed by atoms with Crippen LogP contribution >= 0.6 is 15.9 Å². The topological polar surface area (TPSA) is 43.8 Å². The number of β-amino-alcohol motifs (C(OH)–C–C–N with tert-alkyl or cyclic N) is 1. The Hall–Kier alpha value is -0.910. The lowest BCUT2D eigenvalue weighted by molar-refractivity contribution is 0.101. The van der Waals surface area contributed by atoms with Crippen molar-refractivity contribution in [2.45, 2.75) is 25.5 Å². The third-order valence-electron chi connectivity index (χ3n) is 3.62. The molecule has 1 aromatic rings. The zero-order chi connectivity index (χ0) is 14.9. The van der Waals surface area contributed by atoms with Crippen LogP contribution in [0.25, 0.3) is 0 Å². The number of Topliss-reactive ketones (excluding diaryl/α,β-unsaturated/α-hetero) is 1. The van der Waals surface area contributed by atoms with Gasteiger partial charge >= 0.3 is 0 Å². The Balaban J connectivity index is 2.37. The van der Waals surface area contributed by atoms with Crippen molar-refractivity contribution in [3.8, 4) is 0 Å². The van der Waals surface area contributed by atoms with Gasteiger partial charge in [0.05, 0.1) is 6.10 Å². The molecule has 1 saturated heterocycles. The van der Waals surface area contributed by atoms with Gasteiger partial charge in [-0.25, -0.2) is 0 Å². The van der Waals surface area contributed by atoms with Gasteiger partial charge in [0.2, 0.25) is 0 Å². The zero-order valence-electron chi connectivity index (χ0n) is 12.1. The summed E-state index contributed by atoms with van der Waals surface area (Å²) in [6.07, 6.45) is 0.404. The lowest BCUT2D eigenvalue weighted by atomic mass is 10.1. The first-order chi connectivity index (χ1) is 9.38. The minimum atomic E-state index is -0.335. The summed E-state index contributed by atoms with van der Waals surface area (Å²) in [7, 11) is 4.05. The molecule has 2 unspecified atom stereocenters. The molecule has 2 atom stereocenters. The van der Waals surface area contributed by atoms with Crippen molar-refractivity contribution in [3.05, 3.63) is 28.2 Å². The van der Waals surface area contributed by atoms with Crippen LogP contribution in [0.5, 0.6) is 0 Å². The molecule has 0 aliphatic carbocycles. The maximum atomic E-state index is 11.8. The Kier molecular flexibility index (Phi) is 4.83. The molecular weight excluding hydrogens is 320 g/mol. The largest absolute Gasteiger partial charge is 0.391 e. The molecule has 0 aromatic heterocycles. The van der Waals surface area contributed by atoms with Crippen molar-refractivity contribution >= 4 is 27.4 Å². The van der Waals surface area contributed by atoms with E-state index in [0.29, 0.717) is 12.1 Å². The first-order valence-electron chi connectivity index (χ1n) is 6.78. The molecule has 0 amide bonds. The van der Waals surface area contributed by atoms with Crippen LogP contribution in [0.2, 0.25) is 0 Å². The van der Waals surface area contributed by atoms with Crippen LogP contribution in [0, 0.1) is 0 Å². The molecule has 4 nitrogen and oxygen atoms in total. The van der Waals surface area contributed by atoms with Crippen LogP contribution in [-0.2, 0) is 0 Å². The fraction of sp³-hybridized carbons (Fsp3) is 0.533. The van der Waals surface area contributed by atoms with Crippen LogP contribution in [0.3, 0.4) is 0 Å². The lowest BCUT2D eigenvalue weighted by Crippen LogP contribution is -2.38. The highest BCUT2D eigenvalue weighted by Crippen LogP contribution is 2.32. The molecule has 1 N–H and O–H groups in total. The molecule has 110 valence electrons. The quantitative estimate of drug-likeness (QED) is 0.853. The minimum Gasteiger partial charge on any atom is -0.391 e. The van der Waals surface area contributed by atoms with Crippen LogP contribution in [0.15, 0.2) is 22.7 Å². The van der Waals surface area contributed by atoms with E-state index in [9.17, 15) is 9.90 Å². The van der Waals surface area contributed by atoms with E-state index in [0.717, 1.165) is 23.1 Å². The first-order valence-corrected chi connectivity index (χ1v) is 7.57. The molecule has 0 radical (unpaired) electrons. The normalized spacial score (nSPS) is 22.6. The molecular formula is C15H21BrN2O2. The van der Waals surface area contributed by atoms with Gasteiger partial charge in [-0.15, -0.1) is 0 Å². The van der Waals surface area contributed by atoms with Gasteiger partial charge in [0.15, 0.2) is 5.78 Å². The predicted molar refractivity (Wildman–Crippen MR) is 84.5 cm³/mol. The molecule has 1 aliphatic rings. The van der Waals surface area contributed by atoms with Gasteiger partial charge in [-0.2, -0.15) is 0 Å². The van der Waals surface area contributed by atoms with Gasteiger partial charge in [-0.1, -0.05) is 15.9 Å². The van der Waals surface area contributed by atoms with Crippen LogP contribution in [0.1, 0.15) is 23.7 Å². The monoisotopic (exact) mass is 340 g/mol. The number of likely N-dealkylation sites (N-methyl/N-ethyl adjacent to an activating group) is 1. The summed E-state index contributed by atoms with van der Waals surface area (Å²) in [5, 5.41) is 9.99. The van der Waals surface area contributed by atoms with Crippen molar-refractivity contribution in [2.75, 3.05) is 32.1 Å². The van der Waals surface area contributed by atoms with Gasteiger partial charge < -0.3 is 14.9 Å². The molecule has 5 heteroatoms. The molecule has 1 aromatic carbocycles. The number of carbonyl (C=O) groups excluding carboxylic acids is 1. The average molecular weight is 341 g/mol. The van der Waals surface area contributed by atoms with E-state index < -0.39 is 0 Å². The van der Waals surface area contributed by atoms with E-state index in [4.69, 9.17) is 0 Å². The number of ketones is 1. The summed E-state index contributed by atoms with van der Waals surface area (Å²) in [6.45, 7) is 3.02. The summed E-state index contributed by atoms with van der Waals surface area (Å²) in [5.41, 5.74) is 1.63. The SMILES string of the molecule is CC(=O)c1ccc(Br)cc1N1CC(O)CC1CN(C)C. The molecule has 2 rings (SSSR count). The van der Waals surface area contributed by atoms with E-state index >= 15 is 0 Å². The molecule has 0 bridgehead atoms. The van der Waals surface area contributed by atoms with Crippen molar-refractivity contribution < 1.29 is 9.90 Å². The summed E-state index contributed by atoms with van der Waals surface area (Å²) in [5.74, 6) is 0.0532. The minimum absolute atomic E-state index is 0.0532. The number of nitrogens with zero attached hydrogens (tertiary/aromatic N) is 2. The number of aliphatic hydroxyl groups excluding tert-OH is 1. The molecule has 0 saturated carbocycles. The maximum Gasteiger partial charge on any atom is 0.161 e. The number of hydrogen-bond acceptors (Lipinski definition) is 4. The highest BCUT2D eigenvalue weighted by atomic mass is 79.9. The number of aliphatic hydroxyl groups is 1. The third kappa shape index (κ3) is 3.40. The number of halogens is 1. The van der Waals surface area contributed by atoms with Crippen molar-refractivity contribution in [1.29, 1.82) is 0 Å². The number of anilines is 1. The second kappa shape index (κ2) is 6.24. The zero-order valence-corrected chi connectivity index (χ0v) is 13.7. The smallest absolute Gasteiger partial charge is 0.161 e. The standard InChI is InChI=1S/C15H21BrN2O2/c1-10(19)14-5-4-11(16)6-15(14)18-9-13(20)7-12(18)8-17(2)3/h4-6,12-13,20H,7-9H2,1-3H3. The third-order valence-corrected chi connectivity index (χ3v) is 4.11. The molecule has 1 fully saturated rings. The van der Waals surface area contributed by atoms with E-state index in [1.165, 1.54) is 0 Å². The Morgan fingerprint density at radius 1 is 1.50 bits per heavy atom. The fourth-order valence-corrected chi connectivity index (χ4v) is 3.17. The summed E-state index contributed by atoms with van der Waals surface area (Å²) in [6, 6.07) is 5.93. The van der Waals surface area contributed by atoms with Crippen LogP contribution in [-0.4, -0.2) is 55.1 Å².